The Morgan fingerprint density at radius 3 is 2.39 bits per heavy atom. The number of thioether (sulfide) groups is 1. The smallest absolute Gasteiger partial charge is 0.259 e. The summed E-state index contributed by atoms with van der Waals surface area (Å²) in [6, 6.07) is 9.56. The van der Waals surface area contributed by atoms with Gasteiger partial charge in [-0.3, -0.25) is 14.6 Å². The van der Waals surface area contributed by atoms with Crippen molar-refractivity contribution in [2.45, 2.75) is 24.4 Å². The number of aromatic hydroxyl groups is 1. The second kappa shape index (κ2) is 11.2. The van der Waals surface area contributed by atoms with Gasteiger partial charge in [-0.25, -0.2) is 0 Å². The van der Waals surface area contributed by atoms with E-state index in [0.29, 0.717) is 31.0 Å². The molecule has 0 radical (unpaired) electrons. The first-order chi connectivity index (χ1) is 15.0. The van der Waals surface area contributed by atoms with Gasteiger partial charge in [0.2, 0.25) is 0 Å². The van der Waals surface area contributed by atoms with Gasteiger partial charge in [0.1, 0.15) is 5.75 Å². The van der Waals surface area contributed by atoms with E-state index in [-0.39, 0.29) is 24.0 Å². The van der Waals surface area contributed by atoms with Crippen LogP contribution in [-0.2, 0) is 11.3 Å². The third-order valence-electron chi connectivity index (χ3n) is 5.94. The first-order valence-corrected chi connectivity index (χ1v) is 11.9. The topological polar surface area (TPSA) is 78.2 Å². The first kappa shape index (κ1) is 23.8. The van der Waals surface area contributed by atoms with Crippen LogP contribution in [0.3, 0.4) is 0 Å². The van der Waals surface area contributed by atoms with Gasteiger partial charge < -0.3 is 19.5 Å². The molecular formula is C23H33N3O4S. The van der Waals surface area contributed by atoms with Gasteiger partial charge in [-0.1, -0.05) is 12.1 Å². The summed E-state index contributed by atoms with van der Waals surface area (Å²) >= 11 is 1.67. The zero-order valence-corrected chi connectivity index (χ0v) is 19.4. The van der Waals surface area contributed by atoms with Crippen molar-refractivity contribution in [3.63, 3.8) is 0 Å². The second-order valence-corrected chi connectivity index (χ2v) is 8.69. The minimum Gasteiger partial charge on any atom is -0.507 e. The molecule has 0 bridgehead atoms. The molecule has 0 unspecified atom stereocenters. The number of aromatic nitrogens is 1. The van der Waals surface area contributed by atoms with Crippen molar-refractivity contribution < 1.29 is 14.9 Å². The van der Waals surface area contributed by atoms with E-state index in [1.165, 1.54) is 0 Å². The van der Waals surface area contributed by atoms with Gasteiger partial charge in [0.05, 0.1) is 24.8 Å². The number of pyridine rings is 1. The quantitative estimate of drug-likeness (QED) is 0.569. The maximum absolute atomic E-state index is 13.5. The van der Waals surface area contributed by atoms with E-state index in [2.05, 4.69) is 34.1 Å². The third kappa shape index (κ3) is 5.51. The lowest BCUT2D eigenvalue weighted by Crippen LogP contribution is -2.49. The van der Waals surface area contributed by atoms with E-state index in [1.807, 2.05) is 13.2 Å². The molecule has 0 spiro atoms. The number of nitrogens with zero attached hydrogens (tertiary/aromatic N) is 3. The third-order valence-corrected chi connectivity index (χ3v) is 6.68. The molecule has 170 valence electrons. The molecular weight excluding hydrogens is 414 g/mol. The highest BCUT2D eigenvalue weighted by molar-refractivity contribution is 7.98. The van der Waals surface area contributed by atoms with Gasteiger partial charge >= 0.3 is 0 Å². The highest BCUT2D eigenvalue weighted by Gasteiger charge is 2.31. The normalized spacial score (nSPS) is 16.5. The summed E-state index contributed by atoms with van der Waals surface area (Å²) in [4.78, 5) is 19.2. The Hall–Kier alpha value is -1.84. The van der Waals surface area contributed by atoms with E-state index in [9.17, 15) is 15.0 Å². The standard InChI is InChI=1S/C23H33N3O4S/c1-17-16-20(28)21(23(29)26(17)13-15-30-2)22(18-4-6-19(31-3)7-5-18)25-10-8-24(9-11-25)12-14-27/h4-7,16,22,27-28H,8-15H2,1-3H3/t22-/m0/s1. The fourth-order valence-corrected chi connectivity index (χ4v) is 4.63. The average Bonchev–Trinajstić information content (AvgIpc) is 2.77. The maximum atomic E-state index is 13.5. The lowest BCUT2D eigenvalue weighted by atomic mass is 9.96. The van der Waals surface area contributed by atoms with Crippen LogP contribution in [0.4, 0.5) is 0 Å². The van der Waals surface area contributed by atoms with Gasteiger partial charge in [-0.15, -0.1) is 11.8 Å². The number of ether oxygens (including phenoxy) is 1. The van der Waals surface area contributed by atoms with Crippen LogP contribution >= 0.6 is 11.8 Å². The molecule has 1 saturated heterocycles. The van der Waals surface area contributed by atoms with Crippen LogP contribution in [0.5, 0.6) is 5.75 Å². The minimum atomic E-state index is -0.339. The molecule has 0 aliphatic carbocycles. The van der Waals surface area contributed by atoms with Crippen molar-refractivity contribution in [1.82, 2.24) is 14.4 Å². The Kier molecular flexibility index (Phi) is 8.57. The van der Waals surface area contributed by atoms with Crippen molar-refractivity contribution >= 4 is 11.8 Å². The summed E-state index contributed by atoms with van der Waals surface area (Å²) in [6.45, 7) is 6.61. The number of piperazine rings is 1. The largest absolute Gasteiger partial charge is 0.507 e. The zero-order valence-electron chi connectivity index (χ0n) is 18.6. The molecule has 0 amide bonds. The van der Waals surface area contributed by atoms with Gasteiger partial charge in [0.25, 0.3) is 5.56 Å². The van der Waals surface area contributed by atoms with E-state index < -0.39 is 0 Å². The number of hydrogen-bond donors (Lipinski definition) is 2. The minimum absolute atomic E-state index is 0.0351. The van der Waals surface area contributed by atoms with Crippen molar-refractivity contribution in [2.75, 3.05) is 59.3 Å². The molecule has 2 N–H and O–H groups in total. The van der Waals surface area contributed by atoms with Crippen molar-refractivity contribution in [3.05, 3.63) is 57.5 Å². The van der Waals surface area contributed by atoms with Crippen molar-refractivity contribution in [3.8, 4) is 5.75 Å². The predicted octanol–water partition coefficient (Wildman–Crippen LogP) is 1.93. The lowest BCUT2D eigenvalue weighted by molar-refractivity contribution is 0.0931. The average molecular weight is 448 g/mol. The zero-order chi connectivity index (χ0) is 22.4. The number of hydrogen-bond acceptors (Lipinski definition) is 7. The Labute approximate surface area is 188 Å². The summed E-state index contributed by atoms with van der Waals surface area (Å²) in [7, 11) is 1.61. The van der Waals surface area contributed by atoms with Crippen LogP contribution in [0.1, 0.15) is 22.9 Å². The molecule has 8 heteroatoms. The summed E-state index contributed by atoms with van der Waals surface area (Å²) < 4.78 is 6.87. The van der Waals surface area contributed by atoms with Crippen LogP contribution in [-0.4, -0.2) is 83.9 Å². The Bertz CT molecular complexity index is 908. The Balaban J connectivity index is 2.05. The molecule has 2 heterocycles. The van der Waals surface area contributed by atoms with E-state index >= 15 is 0 Å². The summed E-state index contributed by atoms with van der Waals surface area (Å²) in [5.74, 6) is 0.0351. The van der Waals surface area contributed by atoms with E-state index in [4.69, 9.17) is 4.74 Å². The van der Waals surface area contributed by atoms with Gasteiger partial charge in [0, 0.05) is 57.0 Å². The number of aryl methyl sites for hydroxylation is 1. The summed E-state index contributed by atoms with van der Waals surface area (Å²) in [5.41, 5.74) is 1.94. The second-order valence-electron chi connectivity index (χ2n) is 7.81. The Morgan fingerprint density at radius 1 is 1.13 bits per heavy atom. The fraction of sp³-hybridized carbons (Fsp3) is 0.522. The van der Waals surface area contributed by atoms with E-state index in [1.54, 1.807) is 29.5 Å². The molecule has 1 aliphatic heterocycles. The highest BCUT2D eigenvalue weighted by Crippen LogP contribution is 2.34. The molecule has 0 saturated carbocycles. The number of aliphatic hydroxyl groups excluding tert-OH is 1. The van der Waals surface area contributed by atoms with Crippen LogP contribution < -0.4 is 5.56 Å². The molecule has 31 heavy (non-hydrogen) atoms. The molecule has 1 aliphatic rings. The van der Waals surface area contributed by atoms with Crippen LogP contribution in [0.2, 0.25) is 0 Å². The molecule has 1 aromatic carbocycles. The molecule has 2 aromatic rings. The maximum Gasteiger partial charge on any atom is 0.259 e. The van der Waals surface area contributed by atoms with Crippen molar-refractivity contribution in [2.24, 2.45) is 0 Å². The van der Waals surface area contributed by atoms with Gasteiger partial charge in [0.15, 0.2) is 0 Å². The molecule has 1 fully saturated rings. The number of methoxy groups -OCH3 is 1. The molecule has 3 rings (SSSR count). The predicted molar refractivity (Wildman–Crippen MR) is 124 cm³/mol. The molecule has 1 aromatic heterocycles. The number of aliphatic hydroxyl groups is 1. The van der Waals surface area contributed by atoms with Crippen LogP contribution in [0.25, 0.3) is 0 Å². The first-order valence-electron chi connectivity index (χ1n) is 10.6. The van der Waals surface area contributed by atoms with Crippen molar-refractivity contribution in [1.29, 1.82) is 0 Å². The van der Waals surface area contributed by atoms with Gasteiger partial charge in [-0.2, -0.15) is 0 Å². The molecule has 1 atom stereocenters. The van der Waals surface area contributed by atoms with Gasteiger partial charge in [-0.05, 0) is 36.9 Å². The SMILES string of the molecule is COCCn1c(C)cc(O)c([C@H](c2ccc(SC)cc2)N2CCN(CCO)CC2)c1=O. The van der Waals surface area contributed by atoms with E-state index in [0.717, 1.165) is 36.6 Å². The monoisotopic (exact) mass is 447 g/mol. The number of benzene rings is 1. The fourth-order valence-electron chi connectivity index (χ4n) is 4.22. The molecule has 7 nitrogen and oxygen atoms in total. The highest BCUT2D eigenvalue weighted by atomic mass is 32.2. The summed E-state index contributed by atoms with van der Waals surface area (Å²) in [6.07, 6.45) is 2.03. The number of rotatable bonds is 9. The Morgan fingerprint density at radius 2 is 1.81 bits per heavy atom. The number of β-amino-alcohol motifs (C(OH)–C–C–N with tert-alkyl or cyclic N) is 1. The lowest BCUT2D eigenvalue weighted by Gasteiger charge is -2.39. The van der Waals surface area contributed by atoms with Crippen LogP contribution in [0, 0.1) is 6.92 Å². The summed E-state index contributed by atoms with van der Waals surface area (Å²) in [5, 5.41) is 20.2. The van der Waals surface area contributed by atoms with Crippen LogP contribution in [0.15, 0.2) is 40.0 Å².